The van der Waals surface area contributed by atoms with Crippen LogP contribution in [-0.4, -0.2) is 35.6 Å². The van der Waals surface area contributed by atoms with E-state index in [4.69, 9.17) is 9.47 Å². The Kier molecular flexibility index (Phi) is 4.71. The Morgan fingerprint density at radius 3 is 2.21 bits per heavy atom. The van der Waals surface area contributed by atoms with Crippen molar-refractivity contribution < 1.29 is 9.47 Å². The van der Waals surface area contributed by atoms with Gasteiger partial charge in [-0.05, 0) is 54.1 Å². The summed E-state index contributed by atoms with van der Waals surface area (Å²) in [6.07, 6.45) is 1.69. The summed E-state index contributed by atoms with van der Waals surface area (Å²) in [6.45, 7) is 0. The second-order valence-electron chi connectivity index (χ2n) is 4.87. The first-order chi connectivity index (χ1) is 11.8. The first-order valence-electron chi connectivity index (χ1n) is 7.28. The molecule has 1 aromatic heterocycles. The minimum atomic E-state index is 0.349. The molecule has 0 aliphatic rings. The Bertz CT molecular complexity index is 810. The quantitative estimate of drug-likeness (QED) is 0.680. The normalized spacial score (nSPS) is 10.8. The van der Waals surface area contributed by atoms with E-state index >= 15 is 0 Å². The molecule has 122 valence electrons. The van der Waals surface area contributed by atoms with Crippen LogP contribution < -0.4 is 14.8 Å². The van der Waals surface area contributed by atoms with Crippen molar-refractivity contribution in [1.29, 1.82) is 0 Å². The minimum absolute atomic E-state index is 0.349. The number of aliphatic imine (C=N–C) groups is 1. The van der Waals surface area contributed by atoms with Gasteiger partial charge in [-0.2, -0.15) is 4.98 Å². The zero-order valence-electron chi connectivity index (χ0n) is 13.4. The zero-order valence-corrected chi connectivity index (χ0v) is 13.4. The number of aromatic nitrogens is 3. The lowest BCUT2D eigenvalue weighted by Crippen LogP contribution is -1.92. The van der Waals surface area contributed by atoms with Crippen LogP contribution in [-0.2, 0) is 0 Å². The van der Waals surface area contributed by atoms with Crippen LogP contribution >= 0.6 is 0 Å². The van der Waals surface area contributed by atoms with Crippen LogP contribution in [0.5, 0.6) is 11.5 Å². The summed E-state index contributed by atoms with van der Waals surface area (Å²) in [5, 5.41) is 9.96. The molecule has 0 amide bonds. The van der Waals surface area contributed by atoms with Crippen molar-refractivity contribution in [2.24, 2.45) is 4.99 Å². The predicted octanol–water partition coefficient (Wildman–Crippen LogP) is 3.32. The average Bonchev–Trinajstić information content (AvgIpc) is 3.08. The first kappa shape index (κ1) is 15.5. The number of nitrogens with one attached hydrogen (secondary N) is 2. The van der Waals surface area contributed by atoms with Crippen molar-refractivity contribution in [2.75, 3.05) is 19.5 Å². The zero-order chi connectivity index (χ0) is 16.8. The monoisotopic (exact) mass is 323 g/mol. The molecule has 0 aliphatic carbocycles. The van der Waals surface area contributed by atoms with Crippen molar-refractivity contribution >= 4 is 23.8 Å². The van der Waals surface area contributed by atoms with Gasteiger partial charge in [0.15, 0.2) is 0 Å². The van der Waals surface area contributed by atoms with Crippen molar-refractivity contribution in [3.05, 3.63) is 54.1 Å². The first-order valence-corrected chi connectivity index (χ1v) is 7.28. The van der Waals surface area contributed by atoms with E-state index in [2.05, 4.69) is 25.5 Å². The molecule has 1 heterocycles. The van der Waals surface area contributed by atoms with Crippen LogP contribution in [0.25, 0.3) is 0 Å². The second-order valence-corrected chi connectivity index (χ2v) is 4.87. The number of ether oxygens (including phenoxy) is 2. The van der Waals surface area contributed by atoms with Gasteiger partial charge in [-0.25, -0.2) is 10.1 Å². The van der Waals surface area contributed by atoms with Gasteiger partial charge in [0.05, 0.1) is 14.2 Å². The van der Waals surface area contributed by atoms with E-state index < -0.39 is 0 Å². The van der Waals surface area contributed by atoms with Crippen molar-refractivity contribution in [1.82, 2.24) is 15.2 Å². The van der Waals surface area contributed by atoms with E-state index in [0.29, 0.717) is 11.9 Å². The molecular weight excluding hydrogens is 306 g/mol. The number of hydrogen-bond acceptors (Lipinski definition) is 6. The fraction of sp³-hybridized carbons (Fsp3) is 0.118. The van der Waals surface area contributed by atoms with Gasteiger partial charge in [0, 0.05) is 11.9 Å². The van der Waals surface area contributed by atoms with Crippen molar-refractivity contribution in [2.45, 2.75) is 0 Å². The molecule has 0 spiro atoms. The van der Waals surface area contributed by atoms with Gasteiger partial charge in [-0.1, -0.05) is 0 Å². The van der Waals surface area contributed by atoms with E-state index in [0.717, 1.165) is 22.7 Å². The lowest BCUT2D eigenvalue weighted by atomic mass is 10.2. The van der Waals surface area contributed by atoms with Gasteiger partial charge in [-0.15, -0.1) is 5.10 Å². The van der Waals surface area contributed by atoms with E-state index in [-0.39, 0.29) is 0 Å². The van der Waals surface area contributed by atoms with Crippen LogP contribution in [0, 0.1) is 0 Å². The minimum Gasteiger partial charge on any atom is -0.497 e. The molecule has 7 nitrogen and oxygen atoms in total. The Morgan fingerprint density at radius 2 is 1.58 bits per heavy atom. The molecule has 0 fully saturated rings. The van der Waals surface area contributed by atoms with Crippen molar-refractivity contribution in [3.63, 3.8) is 0 Å². The van der Waals surface area contributed by atoms with Crippen LogP contribution in [0.4, 0.5) is 17.6 Å². The third kappa shape index (κ3) is 3.89. The molecule has 2 aromatic carbocycles. The van der Waals surface area contributed by atoms with Crippen LogP contribution in [0.2, 0.25) is 0 Å². The maximum absolute atomic E-state index is 5.12. The maximum Gasteiger partial charge on any atom is 0.269 e. The molecule has 3 aromatic rings. The molecule has 0 radical (unpaired) electrons. The molecule has 0 unspecified atom stereocenters. The third-order valence-electron chi connectivity index (χ3n) is 3.27. The summed E-state index contributed by atoms with van der Waals surface area (Å²) in [6, 6.07) is 15.1. The molecule has 24 heavy (non-hydrogen) atoms. The predicted molar refractivity (Wildman–Crippen MR) is 92.9 cm³/mol. The van der Waals surface area contributed by atoms with Gasteiger partial charge in [0.1, 0.15) is 11.5 Å². The Labute approximate surface area is 139 Å². The summed E-state index contributed by atoms with van der Waals surface area (Å²) in [5.74, 6) is 2.46. The highest BCUT2D eigenvalue weighted by Gasteiger charge is 2.02. The SMILES string of the molecule is COc1ccc(/C=N/c2n[nH]c(Nc3ccc(OC)cc3)n2)cc1. The number of aromatic amines is 1. The lowest BCUT2D eigenvalue weighted by molar-refractivity contribution is 0.414. The number of anilines is 2. The molecule has 0 atom stereocenters. The fourth-order valence-electron chi connectivity index (χ4n) is 2.00. The van der Waals surface area contributed by atoms with E-state index in [1.54, 1.807) is 20.4 Å². The highest BCUT2D eigenvalue weighted by atomic mass is 16.5. The van der Waals surface area contributed by atoms with Crippen molar-refractivity contribution in [3.8, 4) is 11.5 Å². The standard InChI is InChI=1S/C17H17N5O2/c1-23-14-7-3-12(4-8-14)11-18-16-20-17(22-21-16)19-13-5-9-15(24-2)10-6-13/h3-11H,1-2H3,(H2,19,20,21,22)/b18-11+. The number of nitrogens with zero attached hydrogens (tertiary/aromatic N) is 3. The summed E-state index contributed by atoms with van der Waals surface area (Å²) in [7, 11) is 3.26. The van der Waals surface area contributed by atoms with Crippen LogP contribution in [0.15, 0.2) is 53.5 Å². The van der Waals surface area contributed by atoms with Gasteiger partial charge >= 0.3 is 0 Å². The highest BCUT2D eigenvalue weighted by molar-refractivity contribution is 5.81. The number of rotatable bonds is 6. The molecule has 0 saturated heterocycles. The Hall–Kier alpha value is -3.35. The van der Waals surface area contributed by atoms with E-state index in [9.17, 15) is 0 Å². The van der Waals surface area contributed by atoms with Crippen LogP contribution in [0.1, 0.15) is 5.56 Å². The molecule has 0 saturated carbocycles. The average molecular weight is 323 g/mol. The molecule has 3 rings (SSSR count). The molecule has 2 N–H and O–H groups in total. The topological polar surface area (TPSA) is 84.4 Å². The smallest absolute Gasteiger partial charge is 0.269 e. The molecule has 7 heteroatoms. The van der Waals surface area contributed by atoms with E-state index in [1.165, 1.54) is 0 Å². The Morgan fingerprint density at radius 1 is 0.958 bits per heavy atom. The summed E-state index contributed by atoms with van der Waals surface area (Å²) in [4.78, 5) is 8.51. The fourth-order valence-corrected chi connectivity index (χ4v) is 2.00. The summed E-state index contributed by atoms with van der Waals surface area (Å²) < 4.78 is 10.2. The summed E-state index contributed by atoms with van der Waals surface area (Å²) >= 11 is 0. The number of methoxy groups -OCH3 is 2. The van der Waals surface area contributed by atoms with Crippen LogP contribution in [0.3, 0.4) is 0 Å². The maximum atomic E-state index is 5.12. The lowest BCUT2D eigenvalue weighted by Gasteiger charge is -2.03. The summed E-state index contributed by atoms with van der Waals surface area (Å²) in [5.41, 5.74) is 1.81. The number of hydrogen-bond donors (Lipinski definition) is 2. The van der Waals surface area contributed by atoms with Gasteiger partial charge in [-0.3, -0.25) is 0 Å². The van der Waals surface area contributed by atoms with Gasteiger partial charge in [0.2, 0.25) is 5.95 Å². The van der Waals surface area contributed by atoms with E-state index in [1.807, 2.05) is 48.5 Å². The molecular formula is C17H17N5O2. The second kappa shape index (κ2) is 7.28. The Balaban J connectivity index is 1.64. The third-order valence-corrected chi connectivity index (χ3v) is 3.27. The van der Waals surface area contributed by atoms with Gasteiger partial charge < -0.3 is 14.8 Å². The molecule has 0 bridgehead atoms. The number of H-pyrrole nitrogens is 1. The largest absolute Gasteiger partial charge is 0.497 e. The van der Waals surface area contributed by atoms with Gasteiger partial charge in [0.25, 0.3) is 5.95 Å². The highest BCUT2D eigenvalue weighted by Crippen LogP contribution is 2.18. The molecule has 0 aliphatic heterocycles. The number of benzene rings is 2.